The fraction of sp³-hybridized carbons (Fsp3) is 0.333. The van der Waals surface area contributed by atoms with E-state index >= 15 is 0 Å². The monoisotopic (exact) mass is 432 g/mol. The van der Waals surface area contributed by atoms with Gasteiger partial charge in [-0.25, -0.2) is 0 Å². The zero-order chi connectivity index (χ0) is 20.4. The van der Waals surface area contributed by atoms with Gasteiger partial charge in [0.25, 0.3) is 0 Å². The molecular weight excluding hydrogens is 400 g/mol. The third-order valence-electron chi connectivity index (χ3n) is 5.44. The summed E-state index contributed by atoms with van der Waals surface area (Å²) in [6.45, 7) is 3.84. The van der Waals surface area contributed by atoms with Crippen LogP contribution in [-0.2, 0) is 12.8 Å². The number of likely N-dealkylation sites (N-methyl/N-ethyl adjacent to an activating group) is 4. The molecule has 0 unspecified atom stereocenters. The molecule has 4 nitrogen and oxygen atoms in total. The van der Waals surface area contributed by atoms with Crippen molar-refractivity contribution in [3.8, 4) is 0 Å². The summed E-state index contributed by atoms with van der Waals surface area (Å²) in [4.78, 5) is 8.99. The molecule has 156 valence electrons. The van der Waals surface area contributed by atoms with E-state index in [2.05, 4.69) is 121 Å². The van der Waals surface area contributed by atoms with Gasteiger partial charge in [-0.3, -0.25) is 0 Å². The Balaban J connectivity index is 1.93. The summed E-state index contributed by atoms with van der Waals surface area (Å²) in [5, 5.41) is 0. The maximum absolute atomic E-state index is 2.45. The second-order valence-corrected chi connectivity index (χ2v) is 12.1. The van der Waals surface area contributed by atoms with Crippen LogP contribution in [0.15, 0.2) is 91.3 Å². The average molecular weight is 432 g/mol. The molecule has 5 heteroatoms. The molecule has 0 radical (unpaired) electrons. The predicted molar refractivity (Wildman–Crippen MR) is 119 cm³/mol. The number of rotatable bonds is 4. The summed E-state index contributed by atoms with van der Waals surface area (Å²) in [7, 11) is 8.57. The van der Waals surface area contributed by atoms with E-state index in [1.54, 1.807) is 0 Å². The molecule has 0 saturated heterocycles. The topological polar surface area (TPSA) is 13.0 Å². The van der Waals surface area contributed by atoms with Crippen molar-refractivity contribution in [2.24, 2.45) is 0 Å². The van der Waals surface area contributed by atoms with Gasteiger partial charge in [-0.2, -0.15) is 0 Å². The Labute approximate surface area is 178 Å². The van der Waals surface area contributed by atoms with Crippen molar-refractivity contribution in [2.45, 2.75) is 0 Å². The van der Waals surface area contributed by atoms with Gasteiger partial charge in [0.2, 0.25) is 0 Å². The normalized spacial score (nSPS) is 22.5. The van der Waals surface area contributed by atoms with Crippen LogP contribution in [0.3, 0.4) is 0 Å². The van der Waals surface area contributed by atoms with Gasteiger partial charge in [-0.1, -0.05) is 0 Å². The Hall–Kier alpha value is -2.36. The van der Waals surface area contributed by atoms with Crippen LogP contribution in [-0.4, -0.2) is 74.0 Å². The Bertz CT molecular complexity index is 750. The van der Waals surface area contributed by atoms with Crippen LogP contribution in [0.2, 0.25) is 0 Å². The van der Waals surface area contributed by atoms with Crippen molar-refractivity contribution in [2.75, 3.05) is 54.4 Å². The number of nitrogens with zero attached hydrogens (tertiary/aromatic N) is 4. The van der Waals surface area contributed by atoms with Gasteiger partial charge in [0, 0.05) is 0 Å². The molecule has 0 aliphatic carbocycles. The van der Waals surface area contributed by atoms with E-state index in [0.29, 0.717) is 0 Å². The van der Waals surface area contributed by atoms with Crippen molar-refractivity contribution in [3.63, 3.8) is 0 Å². The van der Waals surface area contributed by atoms with Crippen molar-refractivity contribution >= 4 is 0 Å². The fourth-order valence-electron chi connectivity index (χ4n) is 3.71. The van der Waals surface area contributed by atoms with Gasteiger partial charge >= 0.3 is 178 Å². The zero-order valence-corrected chi connectivity index (χ0v) is 19.0. The Morgan fingerprint density at radius 2 is 0.724 bits per heavy atom. The van der Waals surface area contributed by atoms with Crippen LogP contribution in [0.25, 0.3) is 0 Å². The van der Waals surface area contributed by atoms with Crippen molar-refractivity contribution in [1.82, 2.24) is 19.6 Å². The molecule has 29 heavy (non-hydrogen) atoms. The molecule has 0 aromatic rings. The zero-order valence-electron chi connectivity index (χ0n) is 17.9. The van der Waals surface area contributed by atoms with Gasteiger partial charge in [0.05, 0.1) is 0 Å². The molecule has 0 fully saturated rings. The summed E-state index contributed by atoms with van der Waals surface area (Å²) in [5.41, 5.74) is 0. The standard InChI is InChI=1S/4C6H8N.Fe/c4*1-7-5-3-2-4-6-7;/h4*3-5H,6H2,1H3;. The van der Waals surface area contributed by atoms with E-state index < -0.39 is 12.8 Å². The maximum atomic E-state index is 2.45. The number of hydrogen-bond donors (Lipinski definition) is 0. The van der Waals surface area contributed by atoms with E-state index in [1.165, 1.54) is 17.9 Å². The van der Waals surface area contributed by atoms with Gasteiger partial charge < -0.3 is 0 Å². The molecule has 0 aromatic heterocycles. The molecule has 0 aromatic carbocycles. The number of hydrogen-bond acceptors (Lipinski definition) is 4. The summed E-state index contributed by atoms with van der Waals surface area (Å²) in [6, 6.07) is 0. The molecule has 0 N–H and O–H groups in total. The Kier molecular flexibility index (Phi) is 5.62. The minimum atomic E-state index is -2.12. The van der Waals surface area contributed by atoms with Crippen LogP contribution in [0.5, 0.6) is 0 Å². The third kappa shape index (κ3) is 3.77. The van der Waals surface area contributed by atoms with Crippen molar-refractivity contribution in [3.05, 3.63) is 91.3 Å². The minimum absolute atomic E-state index is 0.960. The van der Waals surface area contributed by atoms with Gasteiger partial charge in [-0.15, -0.1) is 0 Å². The first-order valence-electron chi connectivity index (χ1n) is 10.1. The van der Waals surface area contributed by atoms with Crippen LogP contribution in [0.4, 0.5) is 0 Å². The molecule has 4 aliphatic heterocycles. The second kappa shape index (κ2) is 8.17. The summed E-state index contributed by atoms with van der Waals surface area (Å²) in [5.74, 6) is 0. The number of allylic oxidation sites excluding steroid dienone is 8. The van der Waals surface area contributed by atoms with Gasteiger partial charge in [0.15, 0.2) is 0 Å². The molecule has 0 amide bonds. The van der Waals surface area contributed by atoms with E-state index in [0.717, 1.165) is 26.2 Å². The molecule has 0 saturated carbocycles. The van der Waals surface area contributed by atoms with Crippen LogP contribution in [0.1, 0.15) is 0 Å². The van der Waals surface area contributed by atoms with Crippen LogP contribution >= 0.6 is 0 Å². The van der Waals surface area contributed by atoms with E-state index in [9.17, 15) is 0 Å². The van der Waals surface area contributed by atoms with E-state index in [-0.39, 0.29) is 0 Å². The molecule has 4 aliphatic rings. The van der Waals surface area contributed by atoms with Gasteiger partial charge in [0.1, 0.15) is 0 Å². The molecule has 0 atom stereocenters. The predicted octanol–water partition coefficient (Wildman–Crippen LogP) is 3.51. The molecule has 4 rings (SSSR count). The first-order chi connectivity index (χ1) is 14.0. The Morgan fingerprint density at radius 1 is 0.483 bits per heavy atom. The average Bonchev–Trinajstić information content (AvgIpc) is 2.73. The first-order valence-corrected chi connectivity index (χ1v) is 12.3. The molecule has 4 heterocycles. The molecular formula is C24H32FeN4. The van der Waals surface area contributed by atoms with Gasteiger partial charge in [-0.05, 0) is 0 Å². The summed E-state index contributed by atoms with van der Waals surface area (Å²) in [6.07, 6.45) is 28.2. The summed E-state index contributed by atoms with van der Waals surface area (Å²) < 4.78 is 5.93. The van der Waals surface area contributed by atoms with Crippen LogP contribution in [0, 0.1) is 0 Å². The van der Waals surface area contributed by atoms with Crippen molar-refractivity contribution < 1.29 is 12.8 Å². The van der Waals surface area contributed by atoms with E-state index in [1.807, 2.05) is 0 Å². The molecule has 0 spiro atoms. The fourth-order valence-corrected chi connectivity index (χ4v) is 9.11. The first kappa shape index (κ1) is 19.9. The second-order valence-electron chi connectivity index (χ2n) is 7.85. The summed E-state index contributed by atoms with van der Waals surface area (Å²) >= 11 is -2.12. The van der Waals surface area contributed by atoms with Crippen molar-refractivity contribution in [1.29, 1.82) is 0 Å². The van der Waals surface area contributed by atoms with E-state index in [4.69, 9.17) is 0 Å². The SMILES string of the molecule is CN1C=C[C]([Fe]([C]2=CCN(C)C=C2)([C]2=CCN(C)C=C2)[C]2=CCN(C)C=C2)=CC1. The Morgan fingerprint density at radius 3 is 0.897 bits per heavy atom. The molecule has 0 bridgehead atoms. The quantitative estimate of drug-likeness (QED) is 0.631. The third-order valence-corrected chi connectivity index (χ3v) is 10.9. The van der Waals surface area contributed by atoms with Crippen LogP contribution < -0.4 is 0 Å².